The molecule has 0 aromatic heterocycles. The lowest BCUT2D eigenvalue weighted by Gasteiger charge is -2.34. The molecular weight excluding hydrogens is 408 g/mol. The van der Waals surface area contributed by atoms with Crippen molar-refractivity contribution in [2.45, 2.75) is 63.9 Å². The number of hydrogen-bond acceptors (Lipinski definition) is 3. The van der Waals surface area contributed by atoms with Crippen LogP contribution in [0.5, 0.6) is 0 Å². The molecule has 1 saturated heterocycles. The van der Waals surface area contributed by atoms with Crippen LogP contribution in [-0.4, -0.2) is 42.7 Å². The molecule has 1 aliphatic heterocycles. The summed E-state index contributed by atoms with van der Waals surface area (Å²) in [6, 6.07) is 14.3. The maximum Gasteiger partial charge on any atom is 0.243 e. The van der Waals surface area contributed by atoms with Gasteiger partial charge in [-0.15, -0.1) is 0 Å². The second kappa shape index (κ2) is 8.75. The van der Waals surface area contributed by atoms with Gasteiger partial charge in [-0.05, 0) is 63.1 Å². The molecular formula is C25H32N2O3S. The number of benzene rings is 2. The van der Waals surface area contributed by atoms with Gasteiger partial charge in [-0.25, -0.2) is 8.42 Å². The van der Waals surface area contributed by atoms with Gasteiger partial charge in [0.25, 0.3) is 0 Å². The molecule has 0 bridgehead atoms. The molecule has 6 heteroatoms. The van der Waals surface area contributed by atoms with Gasteiger partial charge in [0.2, 0.25) is 15.9 Å². The van der Waals surface area contributed by atoms with E-state index in [1.807, 2.05) is 56.0 Å². The highest BCUT2D eigenvalue weighted by Crippen LogP contribution is 2.33. The van der Waals surface area contributed by atoms with Crippen LogP contribution >= 0.6 is 0 Å². The van der Waals surface area contributed by atoms with Crippen LogP contribution in [0.15, 0.2) is 47.4 Å². The molecule has 2 aromatic carbocycles. The van der Waals surface area contributed by atoms with Gasteiger partial charge >= 0.3 is 0 Å². The Hall–Kier alpha value is -2.18. The van der Waals surface area contributed by atoms with Crippen LogP contribution in [0.2, 0.25) is 0 Å². The summed E-state index contributed by atoms with van der Waals surface area (Å²) in [4.78, 5) is 15.8. The first kappa shape index (κ1) is 22.0. The number of rotatable bonds is 6. The van der Waals surface area contributed by atoms with Crippen molar-refractivity contribution < 1.29 is 13.2 Å². The predicted molar refractivity (Wildman–Crippen MR) is 122 cm³/mol. The summed E-state index contributed by atoms with van der Waals surface area (Å²) in [6.45, 7) is 7.14. The minimum atomic E-state index is -3.55. The van der Waals surface area contributed by atoms with E-state index in [2.05, 4.69) is 12.1 Å². The number of amides is 1. The third-order valence-corrected chi connectivity index (χ3v) is 8.68. The number of piperidine rings is 1. The smallest absolute Gasteiger partial charge is 0.243 e. The van der Waals surface area contributed by atoms with Gasteiger partial charge in [0.1, 0.15) is 0 Å². The Bertz CT molecular complexity index is 1030. The summed E-state index contributed by atoms with van der Waals surface area (Å²) in [5.74, 6) is 0.0853. The Morgan fingerprint density at radius 2 is 1.55 bits per heavy atom. The van der Waals surface area contributed by atoms with Crippen molar-refractivity contribution in [2.75, 3.05) is 13.1 Å². The van der Waals surface area contributed by atoms with Crippen LogP contribution in [0.3, 0.4) is 0 Å². The Morgan fingerprint density at radius 3 is 2.10 bits per heavy atom. The van der Waals surface area contributed by atoms with Crippen LogP contribution in [-0.2, 0) is 21.4 Å². The van der Waals surface area contributed by atoms with Crippen LogP contribution < -0.4 is 0 Å². The van der Waals surface area contributed by atoms with Crippen LogP contribution in [0.1, 0.15) is 47.9 Å². The van der Waals surface area contributed by atoms with E-state index < -0.39 is 10.0 Å². The first-order valence-electron chi connectivity index (χ1n) is 11.2. The standard InChI is InChI=1S/C25H32N2O3S/c1-18-15-19(2)24(20(3)16-18)31(29,30)26-13-11-22(12-14-26)25(28)27(23-9-10-23)17-21-7-5-4-6-8-21/h4-8,15-16,22-23H,9-14,17H2,1-3H3. The summed E-state index contributed by atoms with van der Waals surface area (Å²) >= 11 is 0. The molecule has 0 atom stereocenters. The van der Waals surface area contributed by atoms with E-state index in [4.69, 9.17) is 0 Å². The van der Waals surface area contributed by atoms with E-state index in [1.54, 1.807) is 4.31 Å². The van der Waals surface area contributed by atoms with E-state index in [0.29, 0.717) is 43.4 Å². The summed E-state index contributed by atoms with van der Waals surface area (Å²) < 4.78 is 28.3. The Kier molecular flexibility index (Phi) is 6.22. The molecule has 1 saturated carbocycles. The van der Waals surface area contributed by atoms with Gasteiger partial charge in [-0.3, -0.25) is 4.79 Å². The predicted octanol–water partition coefficient (Wildman–Crippen LogP) is 4.20. The molecule has 1 aliphatic carbocycles. The van der Waals surface area contributed by atoms with Crippen molar-refractivity contribution in [3.63, 3.8) is 0 Å². The average Bonchev–Trinajstić information content (AvgIpc) is 3.56. The minimum Gasteiger partial charge on any atom is -0.335 e. The van der Waals surface area contributed by atoms with Gasteiger partial charge in [0.15, 0.2) is 0 Å². The number of aryl methyl sites for hydroxylation is 3. The summed E-state index contributed by atoms with van der Waals surface area (Å²) in [7, 11) is -3.55. The van der Waals surface area contributed by atoms with E-state index in [9.17, 15) is 13.2 Å². The highest BCUT2D eigenvalue weighted by atomic mass is 32.2. The number of carbonyl (C=O) groups is 1. The summed E-state index contributed by atoms with van der Waals surface area (Å²) in [6.07, 6.45) is 3.30. The number of sulfonamides is 1. The molecule has 0 unspecified atom stereocenters. The molecule has 1 amide bonds. The van der Waals surface area contributed by atoms with E-state index in [0.717, 1.165) is 35.1 Å². The molecule has 2 aliphatic rings. The van der Waals surface area contributed by atoms with Gasteiger partial charge in [-0.1, -0.05) is 48.0 Å². The van der Waals surface area contributed by atoms with Gasteiger partial charge < -0.3 is 4.90 Å². The number of hydrogen-bond donors (Lipinski definition) is 0. The fourth-order valence-corrected chi connectivity index (χ4v) is 6.72. The van der Waals surface area contributed by atoms with E-state index in [-0.39, 0.29) is 11.8 Å². The van der Waals surface area contributed by atoms with Gasteiger partial charge in [0.05, 0.1) is 4.90 Å². The quantitative estimate of drug-likeness (QED) is 0.676. The highest BCUT2D eigenvalue weighted by Gasteiger charge is 2.39. The summed E-state index contributed by atoms with van der Waals surface area (Å²) in [5, 5.41) is 0. The zero-order chi connectivity index (χ0) is 22.2. The second-order valence-electron chi connectivity index (χ2n) is 9.09. The van der Waals surface area contributed by atoms with Crippen molar-refractivity contribution in [3.8, 4) is 0 Å². The Morgan fingerprint density at radius 1 is 0.968 bits per heavy atom. The lowest BCUT2D eigenvalue weighted by Crippen LogP contribution is -2.45. The molecule has 2 aromatic rings. The van der Waals surface area contributed by atoms with E-state index >= 15 is 0 Å². The molecule has 0 radical (unpaired) electrons. The minimum absolute atomic E-state index is 0.101. The zero-order valence-electron chi connectivity index (χ0n) is 18.7. The van der Waals surface area contributed by atoms with Crippen molar-refractivity contribution >= 4 is 15.9 Å². The number of carbonyl (C=O) groups excluding carboxylic acids is 1. The molecule has 166 valence electrons. The molecule has 31 heavy (non-hydrogen) atoms. The van der Waals surface area contributed by atoms with E-state index in [1.165, 1.54) is 0 Å². The maximum absolute atomic E-state index is 13.3. The molecule has 2 fully saturated rings. The summed E-state index contributed by atoms with van der Waals surface area (Å²) in [5.41, 5.74) is 3.79. The topological polar surface area (TPSA) is 57.7 Å². The molecule has 0 N–H and O–H groups in total. The second-order valence-corrected chi connectivity index (χ2v) is 11.0. The Balaban J connectivity index is 1.45. The molecule has 5 nitrogen and oxygen atoms in total. The fraction of sp³-hybridized carbons (Fsp3) is 0.480. The van der Waals surface area contributed by atoms with Gasteiger partial charge in [0, 0.05) is 31.6 Å². The van der Waals surface area contributed by atoms with Crippen LogP contribution in [0.25, 0.3) is 0 Å². The fourth-order valence-electron chi connectivity index (χ4n) is 4.83. The number of nitrogens with zero attached hydrogens (tertiary/aromatic N) is 2. The zero-order valence-corrected chi connectivity index (χ0v) is 19.5. The first-order chi connectivity index (χ1) is 14.8. The third kappa shape index (κ3) is 4.70. The lowest BCUT2D eigenvalue weighted by molar-refractivity contribution is -0.138. The third-order valence-electron chi connectivity index (χ3n) is 6.47. The van der Waals surface area contributed by atoms with Crippen molar-refractivity contribution in [1.29, 1.82) is 0 Å². The normalized spacial score (nSPS) is 18.2. The highest BCUT2D eigenvalue weighted by molar-refractivity contribution is 7.89. The molecule has 4 rings (SSSR count). The van der Waals surface area contributed by atoms with Crippen LogP contribution in [0.4, 0.5) is 0 Å². The SMILES string of the molecule is Cc1cc(C)c(S(=O)(=O)N2CCC(C(=O)N(Cc3ccccc3)C3CC3)CC2)c(C)c1. The van der Waals surface area contributed by atoms with Crippen molar-refractivity contribution in [2.24, 2.45) is 5.92 Å². The lowest BCUT2D eigenvalue weighted by atomic mass is 9.96. The van der Waals surface area contributed by atoms with Crippen molar-refractivity contribution in [3.05, 3.63) is 64.7 Å². The average molecular weight is 441 g/mol. The largest absolute Gasteiger partial charge is 0.335 e. The Labute approximate surface area is 186 Å². The molecule has 0 spiro atoms. The maximum atomic E-state index is 13.3. The monoisotopic (exact) mass is 440 g/mol. The first-order valence-corrected chi connectivity index (χ1v) is 12.6. The van der Waals surface area contributed by atoms with Crippen LogP contribution in [0, 0.1) is 26.7 Å². The van der Waals surface area contributed by atoms with Crippen molar-refractivity contribution in [1.82, 2.24) is 9.21 Å². The molecule has 1 heterocycles. The van der Waals surface area contributed by atoms with Gasteiger partial charge in [-0.2, -0.15) is 4.31 Å².